The smallest absolute Gasteiger partial charge is 0.252 e. The molecular weight excluding hydrogens is 248 g/mol. The number of rotatable bonds is 5. The van der Waals surface area contributed by atoms with Crippen LogP contribution >= 0.6 is 11.6 Å². The van der Waals surface area contributed by atoms with Gasteiger partial charge in [0.15, 0.2) is 11.6 Å². The Morgan fingerprint density at radius 2 is 1.94 bits per heavy atom. The summed E-state index contributed by atoms with van der Waals surface area (Å²) in [5.41, 5.74) is -0.0398. The van der Waals surface area contributed by atoms with Crippen molar-refractivity contribution in [3.63, 3.8) is 0 Å². The Morgan fingerprint density at radius 1 is 1.29 bits per heavy atom. The van der Waals surface area contributed by atoms with E-state index in [0.717, 1.165) is 31.4 Å². The highest BCUT2D eigenvalue weighted by molar-refractivity contribution is 6.33. The molecule has 1 aromatic rings. The van der Waals surface area contributed by atoms with E-state index < -0.39 is 17.5 Å². The SMILES string of the molecule is CCCCCNC(=O)c1cc(F)c(F)cc1Cl. The summed E-state index contributed by atoms with van der Waals surface area (Å²) in [5.74, 6) is -2.62. The molecule has 0 saturated heterocycles. The van der Waals surface area contributed by atoms with Crippen LogP contribution in [-0.2, 0) is 0 Å². The number of halogens is 3. The molecule has 0 unspecified atom stereocenters. The Bertz CT molecular complexity index is 410. The highest BCUT2D eigenvalue weighted by atomic mass is 35.5. The summed E-state index contributed by atoms with van der Waals surface area (Å²) in [7, 11) is 0. The van der Waals surface area contributed by atoms with Crippen molar-refractivity contribution >= 4 is 17.5 Å². The van der Waals surface area contributed by atoms with Crippen LogP contribution in [0.15, 0.2) is 12.1 Å². The highest BCUT2D eigenvalue weighted by Crippen LogP contribution is 2.19. The zero-order valence-corrected chi connectivity index (χ0v) is 10.3. The predicted octanol–water partition coefficient (Wildman–Crippen LogP) is 3.54. The number of carbonyl (C=O) groups excluding carboxylic acids is 1. The van der Waals surface area contributed by atoms with Gasteiger partial charge < -0.3 is 5.32 Å². The average molecular weight is 262 g/mol. The minimum Gasteiger partial charge on any atom is -0.352 e. The lowest BCUT2D eigenvalue weighted by Crippen LogP contribution is -2.25. The zero-order valence-electron chi connectivity index (χ0n) is 9.53. The van der Waals surface area contributed by atoms with E-state index >= 15 is 0 Å². The lowest BCUT2D eigenvalue weighted by molar-refractivity contribution is 0.0952. The number of amides is 1. The summed E-state index contributed by atoms with van der Waals surface area (Å²) in [5, 5.41) is 2.52. The van der Waals surface area contributed by atoms with Crippen LogP contribution in [0.25, 0.3) is 0 Å². The number of unbranched alkanes of at least 4 members (excludes halogenated alkanes) is 2. The van der Waals surface area contributed by atoms with Crippen molar-refractivity contribution in [2.24, 2.45) is 0 Å². The molecule has 1 rings (SSSR count). The molecule has 94 valence electrons. The van der Waals surface area contributed by atoms with Gasteiger partial charge in [-0.2, -0.15) is 0 Å². The maximum Gasteiger partial charge on any atom is 0.252 e. The van der Waals surface area contributed by atoms with Crippen LogP contribution in [-0.4, -0.2) is 12.5 Å². The van der Waals surface area contributed by atoms with Crippen LogP contribution in [0.1, 0.15) is 36.5 Å². The maximum absolute atomic E-state index is 12.9. The van der Waals surface area contributed by atoms with Crippen LogP contribution in [0, 0.1) is 11.6 Å². The van der Waals surface area contributed by atoms with E-state index in [4.69, 9.17) is 11.6 Å². The number of carbonyl (C=O) groups is 1. The Labute approximate surface area is 104 Å². The fraction of sp³-hybridized carbons (Fsp3) is 0.417. The van der Waals surface area contributed by atoms with Gasteiger partial charge in [-0.25, -0.2) is 8.78 Å². The van der Waals surface area contributed by atoms with E-state index in [1.807, 2.05) is 6.92 Å². The molecule has 0 aliphatic carbocycles. The molecule has 0 saturated carbocycles. The molecule has 0 fully saturated rings. The molecular formula is C12H14ClF2NO. The topological polar surface area (TPSA) is 29.1 Å². The number of benzene rings is 1. The Morgan fingerprint density at radius 3 is 2.59 bits per heavy atom. The van der Waals surface area contributed by atoms with Gasteiger partial charge in [0.25, 0.3) is 5.91 Å². The lowest BCUT2D eigenvalue weighted by Gasteiger charge is -2.06. The minimum absolute atomic E-state index is 0.0398. The first-order valence-corrected chi connectivity index (χ1v) is 5.86. The van der Waals surface area contributed by atoms with Crippen LogP contribution < -0.4 is 5.32 Å². The van der Waals surface area contributed by atoms with E-state index in [2.05, 4.69) is 5.32 Å². The molecule has 0 bridgehead atoms. The Balaban J connectivity index is 2.66. The second-order valence-electron chi connectivity index (χ2n) is 3.71. The van der Waals surface area contributed by atoms with Crippen LogP contribution in [0.5, 0.6) is 0 Å². The molecule has 0 spiro atoms. The quantitative estimate of drug-likeness (QED) is 0.637. The van der Waals surface area contributed by atoms with Crippen LogP contribution in [0.3, 0.4) is 0 Å². The molecule has 1 N–H and O–H groups in total. The van der Waals surface area contributed by atoms with Gasteiger partial charge in [-0.1, -0.05) is 31.4 Å². The first kappa shape index (κ1) is 13.9. The maximum atomic E-state index is 12.9. The van der Waals surface area contributed by atoms with Crippen molar-refractivity contribution in [1.29, 1.82) is 0 Å². The van der Waals surface area contributed by atoms with E-state index in [9.17, 15) is 13.6 Å². The van der Waals surface area contributed by atoms with E-state index in [1.54, 1.807) is 0 Å². The third-order valence-corrected chi connectivity index (χ3v) is 2.63. The number of hydrogen-bond donors (Lipinski definition) is 1. The molecule has 1 aromatic carbocycles. The zero-order chi connectivity index (χ0) is 12.8. The fourth-order valence-corrected chi connectivity index (χ4v) is 1.60. The van der Waals surface area contributed by atoms with E-state index in [-0.39, 0.29) is 10.6 Å². The average Bonchev–Trinajstić information content (AvgIpc) is 2.29. The normalized spacial score (nSPS) is 10.4. The van der Waals surface area contributed by atoms with Crippen LogP contribution in [0.2, 0.25) is 5.02 Å². The second-order valence-corrected chi connectivity index (χ2v) is 4.12. The summed E-state index contributed by atoms with van der Waals surface area (Å²) in [6.45, 7) is 2.55. The molecule has 0 aliphatic rings. The van der Waals surface area contributed by atoms with Crippen LogP contribution in [0.4, 0.5) is 8.78 Å². The molecule has 17 heavy (non-hydrogen) atoms. The van der Waals surface area contributed by atoms with Gasteiger partial charge in [-0.15, -0.1) is 0 Å². The summed E-state index contributed by atoms with van der Waals surface area (Å²) in [6, 6.07) is 1.62. The van der Waals surface area contributed by atoms with Crippen molar-refractivity contribution in [2.45, 2.75) is 26.2 Å². The monoisotopic (exact) mass is 261 g/mol. The molecule has 5 heteroatoms. The van der Waals surface area contributed by atoms with Gasteiger partial charge in [0, 0.05) is 6.54 Å². The van der Waals surface area contributed by atoms with Crippen molar-refractivity contribution in [1.82, 2.24) is 5.32 Å². The predicted molar refractivity (Wildman–Crippen MR) is 63.2 cm³/mol. The first-order valence-electron chi connectivity index (χ1n) is 5.49. The van der Waals surface area contributed by atoms with Crippen molar-refractivity contribution in [3.8, 4) is 0 Å². The lowest BCUT2D eigenvalue weighted by atomic mass is 10.2. The van der Waals surface area contributed by atoms with Crippen molar-refractivity contribution in [3.05, 3.63) is 34.4 Å². The Hall–Kier alpha value is -1.16. The summed E-state index contributed by atoms with van der Waals surface area (Å²) in [6.07, 6.45) is 2.90. The van der Waals surface area contributed by atoms with Crippen molar-refractivity contribution < 1.29 is 13.6 Å². The molecule has 1 amide bonds. The third-order valence-electron chi connectivity index (χ3n) is 2.32. The second kappa shape index (κ2) is 6.55. The van der Waals surface area contributed by atoms with Gasteiger partial charge in [-0.05, 0) is 18.6 Å². The number of hydrogen-bond acceptors (Lipinski definition) is 1. The van der Waals surface area contributed by atoms with Gasteiger partial charge in [0.05, 0.1) is 10.6 Å². The van der Waals surface area contributed by atoms with Gasteiger partial charge in [-0.3, -0.25) is 4.79 Å². The highest BCUT2D eigenvalue weighted by Gasteiger charge is 2.14. The summed E-state index contributed by atoms with van der Waals surface area (Å²) in [4.78, 5) is 11.6. The molecule has 0 aliphatic heterocycles. The standard InChI is InChI=1S/C12H14ClF2NO/c1-2-3-4-5-16-12(17)8-6-10(14)11(15)7-9(8)13/h6-7H,2-5H2,1H3,(H,16,17). The molecule has 0 aromatic heterocycles. The van der Waals surface area contributed by atoms with Gasteiger partial charge in [0.1, 0.15) is 0 Å². The molecule has 0 radical (unpaired) electrons. The minimum atomic E-state index is -1.08. The number of nitrogens with one attached hydrogen (secondary N) is 1. The van der Waals surface area contributed by atoms with E-state index in [1.165, 1.54) is 0 Å². The first-order chi connectivity index (χ1) is 8.06. The largest absolute Gasteiger partial charge is 0.352 e. The van der Waals surface area contributed by atoms with Gasteiger partial charge in [0.2, 0.25) is 0 Å². The third kappa shape index (κ3) is 3.97. The molecule has 0 atom stereocenters. The molecule has 2 nitrogen and oxygen atoms in total. The van der Waals surface area contributed by atoms with Crippen molar-refractivity contribution in [2.75, 3.05) is 6.54 Å². The van der Waals surface area contributed by atoms with Gasteiger partial charge >= 0.3 is 0 Å². The summed E-state index contributed by atoms with van der Waals surface area (Å²) >= 11 is 5.67. The Kier molecular flexibility index (Phi) is 5.35. The fourth-order valence-electron chi connectivity index (χ4n) is 1.37. The van der Waals surface area contributed by atoms with E-state index in [0.29, 0.717) is 6.54 Å². The summed E-state index contributed by atoms with van der Waals surface area (Å²) < 4.78 is 25.7. The molecule has 0 heterocycles.